The number of hydrogen-bond donors (Lipinski definition) is 2. The van der Waals surface area contributed by atoms with Crippen LogP contribution in [0.25, 0.3) is 5.57 Å². The van der Waals surface area contributed by atoms with E-state index in [0.717, 1.165) is 0 Å². The van der Waals surface area contributed by atoms with Crippen molar-refractivity contribution in [2.45, 2.75) is 0 Å². The van der Waals surface area contributed by atoms with Crippen molar-refractivity contribution in [1.82, 2.24) is 9.97 Å². The molecular weight excluding hydrogens is 158 g/mol. The lowest BCUT2D eigenvalue weighted by Crippen LogP contribution is -2.10. The second-order valence-electron chi connectivity index (χ2n) is 1.94. The maximum absolute atomic E-state index is 10.6. The van der Waals surface area contributed by atoms with Crippen molar-refractivity contribution in [3.8, 4) is 6.07 Å². The highest BCUT2D eigenvalue weighted by Crippen LogP contribution is 2.05. The van der Waals surface area contributed by atoms with Gasteiger partial charge in [0.25, 0.3) is 0 Å². The van der Waals surface area contributed by atoms with Gasteiger partial charge in [-0.05, 0) is 6.07 Å². The Hall–Kier alpha value is -2.09. The maximum atomic E-state index is 10.6. The summed E-state index contributed by atoms with van der Waals surface area (Å²) in [6.07, 6.45) is 1.89. The van der Waals surface area contributed by atoms with Crippen LogP contribution in [0.2, 0.25) is 0 Å². The first-order valence-electron chi connectivity index (χ1n) is 3.08. The number of aromatic amines is 1. The van der Waals surface area contributed by atoms with Gasteiger partial charge in [0, 0.05) is 6.20 Å². The van der Waals surface area contributed by atoms with Gasteiger partial charge in [-0.25, -0.2) is 9.78 Å². The molecule has 12 heavy (non-hydrogen) atoms. The molecule has 0 saturated carbocycles. The third-order valence-electron chi connectivity index (χ3n) is 1.21. The second-order valence-corrected chi connectivity index (χ2v) is 1.94. The number of H-pyrrole nitrogens is 1. The molecule has 0 aliphatic heterocycles. The molecule has 5 nitrogen and oxygen atoms in total. The van der Waals surface area contributed by atoms with E-state index in [1.807, 2.05) is 0 Å². The average molecular weight is 163 g/mol. The highest BCUT2D eigenvalue weighted by Gasteiger charge is 1.99. The molecule has 0 aliphatic rings. The highest BCUT2D eigenvalue weighted by atomic mass is 16.2. The van der Waals surface area contributed by atoms with E-state index in [-0.39, 0.29) is 11.3 Å². The molecule has 0 bridgehead atoms. The Kier molecular flexibility index (Phi) is 2.23. The van der Waals surface area contributed by atoms with E-state index < -0.39 is 5.69 Å². The molecule has 0 aromatic carbocycles. The molecule has 0 saturated heterocycles. The van der Waals surface area contributed by atoms with Crippen LogP contribution in [-0.2, 0) is 0 Å². The second kappa shape index (κ2) is 3.34. The molecule has 60 valence electrons. The van der Waals surface area contributed by atoms with Crippen LogP contribution in [0, 0.1) is 11.3 Å². The zero-order valence-electron chi connectivity index (χ0n) is 5.98. The predicted octanol–water partition coefficient (Wildman–Crippen LogP) is 0.192. The van der Waals surface area contributed by atoms with Crippen molar-refractivity contribution < 1.29 is 5.11 Å². The first-order valence-corrected chi connectivity index (χ1v) is 3.08. The minimum atomic E-state index is -0.554. The van der Waals surface area contributed by atoms with E-state index in [2.05, 4.69) is 9.97 Å². The summed E-state index contributed by atoms with van der Waals surface area (Å²) < 4.78 is 0. The Labute approximate surface area is 67.6 Å². The SMILES string of the molecule is N#CC(=CO)c1ccnc(=O)[nH]1. The fourth-order valence-electron chi connectivity index (χ4n) is 0.684. The number of aliphatic hydroxyl groups is 1. The van der Waals surface area contributed by atoms with Crippen LogP contribution in [0.3, 0.4) is 0 Å². The third-order valence-corrected chi connectivity index (χ3v) is 1.21. The number of aliphatic hydroxyl groups excluding tert-OH is 1. The predicted molar refractivity (Wildman–Crippen MR) is 41.1 cm³/mol. The number of nitrogens with one attached hydrogen (secondary N) is 1. The fraction of sp³-hybridized carbons (Fsp3) is 0. The van der Waals surface area contributed by atoms with Crippen molar-refractivity contribution in [3.05, 3.63) is 34.7 Å². The number of aromatic nitrogens is 2. The molecule has 0 amide bonds. The fourth-order valence-corrected chi connectivity index (χ4v) is 0.684. The van der Waals surface area contributed by atoms with E-state index in [9.17, 15) is 4.79 Å². The van der Waals surface area contributed by atoms with Gasteiger partial charge < -0.3 is 10.1 Å². The molecule has 0 radical (unpaired) electrons. The van der Waals surface area contributed by atoms with Gasteiger partial charge in [-0.3, -0.25) is 0 Å². The molecule has 0 unspecified atom stereocenters. The van der Waals surface area contributed by atoms with Crippen molar-refractivity contribution in [2.24, 2.45) is 0 Å². The summed E-state index contributed by atoms with van der Waals surface area (Å²) >= 11 is 0. The van der Waals surface area contributed by atoms with Crippen molar-refractivity contribution in [3.63, 3.8) is 0 Å². The minimum absolute atomic E-state index is 0.00509. The Bertz CT molecular complexity index is 400. The molecule has 0 atom stereocenters. The van der Waals surface area contributed by atoms with Gasteiger partial charge in [0.2, 0.25) is 0 Å². The number of nitrogens with zero attached hydrogens (tertiary/aromatic N) is 2. The molecule has 0 aliphatic carbocycles. The first kappa shape index (κ1) is 8.01. The summed E-state index contributed by atoms with van der Waals surface area (Å²) in [5.41, 5.74) is -0.309. The van der Waals surface area contributed by atoms with Crippen LogP contribution >= 0.6 is 0 Å². The Morgan fingerprint density at radius 3 is 3.08 bits per heavy atom. The summed E-state index contributed by atoms with van der Waals surface area (Å²) in [5.74, 6) is 0. The number of nitriles is 1. The van der Waals surface area contributed by atoms with Crippen molar-refractivity contribution in [2.75, 3.05) is 0 Å². The number of allylic oxidation sites excluding steroid dienone is 1. The van der Waals surface area contributed by atoms with Crippen LogP contribution in [-0.4, -0.2) is 15.1 Å². The van der Waals surface area contributed by atoms with Gasteiger partial charge >= 0.3 is 5.69 Å². The maximum Gasteiger partial charge on any atom is 0.345 e. The zero-order valence-corrected chi connectivity index (χ0v) is 5.98. The highest BCUT2D eigenvalue weighted by molar-refractivity contribution is 5.72. The van der Waals surface area contributed by atoms with E-state index in [1.165, 1.54) is 12.3 Å². The zero-order chi connectivity index (χ0) is 8.97. The monoisotopic (exact) mass is 163 g/mol. The van der Waals surface area contributed by atoms with Crippen LogP contribution in [0.15, 0.2) is 23.3 Å². The quantitative estimate of drug-likeness (QED) is 0.456. The van der Waals surface area contributed by atoms with Gasteiger partial charge in [0.1, 0.15) is 11.6 Å². The molecule has 1 aromatic rings. The summed E-state index contributed by atoms with van der Waals surface area (Å²) in [7, 11) is 0. The third kappa shape index (κ3) is 1.49. The van der Waals surface area contributed by atoms with E-state index in [4.69, 9.17) is 10.4 Å². The molecule has 1 rings (SSSR count). The molecule has 1 aromatic heterocycles. The Morgan fingerprint density at radius 2 is 2.58 bits per heavy atom. The number of hydrogen-bond acceptors (Lipinski definition) is 4. The van der Waals surface area contributed by atoms with Crippen LogP contribution < -0.4 is 5.69 Å². The lowest BCUT2D eigenvalue weighted by atomic mass is 10.2. The smallest absolute Gasteiger partial charge is 0.345 e. The van der Waals surface area contributed by atoms with Crippen molar-refractivity contribution >= 4 is 5.57 Å². The standard InChI is InChI=1S/C7H5N3O2/c8-3-5(4-11)6-1-2-9-7(12)10-6/h1-2,4,11H,(H,9,10,12). The van der Waals surface area contributed by atoms with Gasteiger partial charge in [0.05, 0.1) is 12.0 Å². The topological polar surface area (TPSA) is 89.8 Å². The van der Waals surface area contributed by atoms with Gasteiger partial charge in [-0.1, -0.05) is 0 Å². The Balaban J connectivity index is 3.22. The van der Waals surface area contributed by atoms with Crippen molar-refractivity contribution in [1.29, 1.82) is 5.26 Å². The summed E-state index contributed by atoms with van der Waals surface area (Å²) in [5, 5.41) is 17.0. The molecule has 5 heteroatoms. The van der Waals surface area contributed by atoms with E-state index in [0.29, 0.717) is 6.26 Å². The van der Waals surface area contributed by atoms with Crippen LogP contribution in [0.4, 0.5) is 0 Å². The van der Waals surface area contributed by atoms with E-state index in [1.54, 1.807) is 6.07 Å². The summed E-state index contributed by atoms with van der Waals surface area (Å²) in [6, 6.07) is 3.13. The molecule has 1 heterocycles. The lowest BCUT2D eigenvalue weighted by molar-refractivity contribution is 0.476. The molecule has 0 fully saturated rings. The van der Waals surface area contributed by atoms with Gasteiger partial charge in [0.15, 0.2) is 0 Å². The Morgan fingerprint density at radius 1 is 1.83 bits per heavy atom. The van der Waals surface area contributed by atoms with Gasteiger partial charge in [-0.15, -0.1) is 0 Å². The first-order chi connectivity index (χ1) is 5.77. The normalized spacial score (nSPS) is 10.8. The largest absolute Gasteiger partial charge is 0.514 e. The van der Waals surface area contributed by atoms with Crippen LogP contribution in [0.5, 0.6) is 0 Å². The molecule has 0 spiro atoms. The minimum Gasteiger partial charge on any atom is -0.514 e. The summed E-state index contributed by atoms with van der Waals surface area (Å²) in [4.78, 5) is 16.3. The number of rotatable bonds is 1. The van der Waals surface area contributed by atoms with Gasteiger partial charge in [-0.2, -0.15) is 5.26 Å². The summed E-state index contributed by atoms with van der Waals surface area (Å²) in [6.45, 7) is 0. The molecular formula is C7H5N3O2. The lowest BCUT2D eigenvalue weighted by Gasteiger charge is -1.93. The van der Waals surface area contributed by atoms with E-state index >= 15 is 0 Å². The average Bonchev–Trinajstić information content (AvgIpc) is 2.07. The van der Waals surface area contributed by atoms with Crippen LogP contribution in [0.1, 0.15) is 5.69 Å². The molecule has 2 N–H and O–H groups in total.